The van der Waals surface area contributed by atoms with Crippen LogP contribution in [0.4, 0.5) is 23.1 Å². The predicted molar refractivity (Wildman–Crippen MR) is 145 cm³/mol. The summed E-state index contributed by atoms with van der Waals surface area (Å²) in [6, 6.07) is 21.2. The quantitative estimate of drug-likeness (QED) is 0.259. The van der Waals surface area contributed by atoms with E-state index in [9.17, 15) is 0 Å². The highest BCUT2D eigenvalue weighted by Gasteiger charge is 2.10. The van der Waals surface area contributed by atoms with Crippen LogP contribution in [0.5, 0.6) is 0 Å². The monoisotopic (exact) mass is 486 g/mol. The first kappa shape index (κ1) is 25.1. The number of nitriles is 2. The molecule has 2 heterocycles. The Bertz CT molecular complexity index is 1460. The first-order valence-electron chi connectivity index (χ1n) is 11.7. The van der Waals surface area contributed by atoms with Gasteiger partial charge in [-0.2, -0.15) is 15.5 Å². The van der Waals surface area contributed by atoms with Crippen molar-refractivity contribution in [3.8, 4) is 12.1 Å². The molecule has 2 aromatic carbocycles. The summed E-state index contributed by atoms with van der Waals surface area (Å²) in [5, 5.41) is 28.0. The van der Waals surface area contributed by atoms with Crippen LogP contribution in [-0.2, 0) is 13.1 Å². The Morgan fingerprint density at radius 1 is 0.919 bits per heavy atom. The molecular weight excluding hydrogens is 460 g/mol. The van der Waals surface area contributed by atoms with Gasteiger partial charge in [-0.05, 0) is 84.6 Å². The fourth-order valence-electron chi connectivity index (χ4n) is 3.85. The normalized spacial score (nSPS) is 10.6. The van der Waals surface area contributed by atoms with E-state index in [1.54, 1.807) is 24.4 Å². The van der Waals surface area contributed by atoms with Crippen molar-refractivity contribution in [1.29, 1.82) is 10.5 Å². The Kier molecular flexibility index (Phi) is 8.18. The summed E-state index contributed by atoms with van der Waals surface area (Å²) in [7, 11) is 0. The molecule has 2 aromatic heterocycles. The van der Waals surface area contributed by atoms with Gasteiger partial charge in [-0.15, -0.1) is 0 Å². The smallest absolute Gasteiger partial charge is 0.229 e. The average molecular weight is 487 g/mol. The Labute approximate surface area is 216 Å². The van der Waals surface area contributed by atoms with E-state index < -0.39 is 0 Å². The van der Waals surface area contributed by atoms with Gasteiger partial charge in [0.15, 0.2) is 0 Å². The van der Waals surface area contributed by atoms with Gasteiger partial charge in [0.2, 0.25) is 5.95 Å². The van der Waals surface area contributed by atoms with Crippen LogP contribution in [0.25, 0.3) is 6.08 Å². The van der Waals surface area contributed by atoms with E-state index in [-0.39, 0.29) is 0 Å². The minimum Gasteiger partial charge on any atom is -0.340 e. The molecule has 0 amide bonds. The Morgan fingerprint density at radius 2 is 1.70 bits per heavy atom. The van der Waals surface area contributed by atoms with E-state index in [0.29, 0.717) is 30.4 Å². The summed E-state index contributed by atoms with van der Waals surface area (Å²) in [4.78, 5) is 13.5. The van der Waals surface area contributed by atoms with Crippen LogP contribution in [-0.4, -0.2) is 15.0 Å². The van der Waals surface area contributed by atoms with Crippen molar-refractivity contribution in [2.24, 2.45) is 0 Å². The third kappa shape index (κ3) is 6.98. The van der Waals surface area contributed by atoms with Crippen molar-refractivity contribution in [3.05, 3.63) is 107 Å². The number of nitrogens with one attached hydrogen (secondary N) is 3. The summed E-state index contributed by atoms with van der Waals surface area (Å²) in [6.45, 7) is 5.23. The van der Waals surface area contributed by atoms with E-state index in [1.165, 1.54) is 6.08 Å². The molecule has 0 spiro atoms. The van der Waals surface area contributed by atoms with Crippen molar-refractivity contribution < 1.29 is 0 Å². The molecule has 0 saturated heterocycles. The number of pyridine rings is 1. The largest absolute Gasteiger partial charge is 0.340 e. The number of benzene rings is 2. The lowest BCUT2D eigenvalue weighted by molar-refractivity contribution is 0.677. The maximum atomic E-state index is 9.07. The van der Waals surface area contributed by atoms with E-state index in [2.05, 4.69) is 27.0 Å². The number of rotatable bonds is 9. The zero-order chi connectivity index (χ0) is 26.0. The van der Waals surface area contributed by atoms with Crippen LogP contribution >= 0.6 is 0 Å². The third-order valence-corrected chi connectivity index (χ3v) is 5.57. The van der Waals surface area contributed by atoms with Gasteiger partial charge in [0.1, 0.15) is 5.82 Å². The molecule has 0 bridgehead atoms. The molecule has 4 aromatic rings. The number of aryl methyl sites for hydroxylation is 2. The average Bonchev–Trinajstić information content (AvgIpc) is 2.90. The minimum absolute atomic E-state index is 0.441. The van der Waals surface area contributed by atoms with Crippen LogP contribution in [0.15, 0.2) is 73.1 Å². The van der Waals surface area contributed by atoms with Crippen molar-refractivity contribution >= 4 is 29.2 Å². The maximum absolute atomic E-state index is 9.07. The van der Waals surface area contributed by atoms with Gasteiger partial charge < -0.3 is 16.0 Å². The van der Waals surface area contributed by atoms with Gasteiger partial charge in [-0.25, -0.2) is 4.98 Å². The number of hydrogen-bond acceptors (Lipinski definition) is 8. The highest BCUT2D eigenvalue weighted by molar-refractivity contribution is 5.69. The van der Waals surface area contributed by atoms with E-state index in [1.807, 2.05) is 68.6 Å². The molecule has 0 saturated carbocycles. The summed E-state index contributed by atoms with van der Waals surface area (Å²) in [6.07, 6.45) is 6.85. The number of anilines is 4. The van der Waals surface area contributed by atoms with Crippen molar-refractivity contribution in [1.82, 2.24) is 20.3 Å². The molecule has 0 aliphatic carbocycles. The van der Waals surface area contributed by atoms with Crippen LogP contribution in [0.2, 0.25) is 0 Å². The molecule has 0 fully saturated rings. The van der Waals surface area contributed by atoms with E-state index in [4.69, 9.17) is 20.5 Å². The number of allylic oxidation sites excluding steroid dienone is 1. The van der Waals surface area contributed by atoms with Crippen molar-refractivity contribution in [2.75, 3.05) is 10.6 Å². The van der Waals surface area contributed by atoms with Gasteiger partial charge in [0, 0.05) is 49.0 Å². The second-order valence-corrected chi connectivity index (χ2v) is 8.46. The Balaban J connectivity index is 1.60. The van der Waals surface area contributed by atoms with Gasteiger partial charge in [-0.1, -0.05) is 6.07 Å². The summed E-state index contributed by atoms with van der Waals surface area (Å²) >= 11 is 0. The summed E-state index contributed by atoms with van der Waals surface area (Å²) < 4.78 is 0. The van der Waals surface area contributed by atoms with Crippen LogP contribution < -0.4 is 16.0 Å². The maximum Gasteiger partial charge on any atom is 0.229 e. The fourth-order valence-corrected chi connectivity index (χ4v) is 3.85. The Morgan fingerprint density at radius 3 is 2.38 bits per heavy atom. The topological polar surface area (TPSA) is 122 Å². The van der Waals surface area contributed by atoms with E-state index in [0.717, 1.165) is 39.3 Å². The second kappa shape index (κ2) is 12.1. The first-order chi connectivity index (χ1) is 18.0. The molecule has 0 unspecified atom stereocenters. The molecule has 0 radical (unpaired) electrons. The van der Waals surface area contributed by atoms with Gasteiger partial charge in [0.05, 0.1) is 23.4 Å². The molecule has 0 aliphatic rings. The lowest BCUT2D eigenvalue weighted by Gasteiger charge is -2.16. The second-order valence-electron chi connectivity index (χ2n) is 8.46. The molecule has 0 atom stereocenters. The molecule has 8 heteroatoms. The number of nitrogens with zero attached hydrogens (tertiary/aromatic N) is 5. The highest BCUT2D eigenvalue weighted by atomic mass is 15.2. The number of hydrogen-bond donors (Lipinski definition) is 3. The molecule has 4 rings (SSSR count). The molecule has 8 nitrogen and oxygen atoms in total. The van der Waals surface area contributed by atoms with Crippen molar-refractivity contribution in [3.63, 3.8) is 0 Å². The lowest BCUT2D eigenvalue weighted by atomic mass is 10.0. The van der Waals surface area contributed by atoms with Crippen molar-refractivity contribution in [2.45, 2.75) is 26.9 Å². The zero-order valence-corrected chi connectivity index (χ0v) is 20.7. The molecule has 182 valence electrons. The van der Waals surface area contributed by atoms with E-state index >= 15 is 0 Å². The standard InChI is InChI=1S/C29H26N8/c1-20-13-23(5-3-11-30)14-21(2)28(20)36-27-15-26(19-33-18-24-6-4-12-32-17-24)35-29(37-27)34-25-9-7-22(16-31)8-10-25/h3-10,12-15,17,33H,18-19H2,1-2H3,(H2,34,35,36,37)/b5-3+. The summed E-state index contributed by atoms with van der Waals surface area (Å²) in [5.74, 6) is 1.09. The molecule has 3 N–H and O–H groups in total. The van der Waals surface area contributed by atoms with Crippen LogP contribution in [0, 0.1) is 36.5 Å². The van der Waals surface area contributed by atoms with Crippen LogP contribution in [0.3, 0.4) is 0 Å². The predicted octanol–water partition coefficient (Wildman–Crippen LogP) is 5.67. The molecule has 37 heavy (non-hydrogen) atoms. The minimum atomic E-state index is 0.441. The first-order valence-corrected chi connectivity index (χ1v) is 11.7. The van der Waals surface area contributed by atoms with Gasteiger partial charge in [0.25, 0.3) is 0 Å². The summed E-state index contributed by atoms with van der Waals surface area (Å²) in [5.41, 5.74) is 7.25. The van der Waals surface area contributed by atoms with Gasteiger partial charge >= 0.3 is 0 Å². The van der Waals surface area contributed by atoms with Gasteiger partial charge in [-0.3, -0.25) is 4.98 Å². The zero-order valence-electron chi connectivity index (χ0n) is 20.7. The fraction of sp³-hybridized carbons (Fsp3) is 0.138. The number of aromatic nitrogens is 3. The molecular formula is C29H26N8. The SMILES string of the molecule is Cc1cc(/C=C/C#N)cc(C)c1Nc1cc(CNCc2cccnc2)nc(Nc2ccc(C#N)cc2)n1. The molecule has 0 aliphatic heterocycles. The van der Waals surface area contributed by atoms with Crippen LogP contribution in [0.1, 0.15) is 33.5 Å². The Hall–Kier alpha value is -5.05. The third-order valence-electron chi connectivity index (χ3n) is 5.57. The lowest BCUT2D eigenvalue weighted by Crippen LogP contribution is -2.15. The highest BCUT2D eigenvalue weighted by Crippen LogP contribution is 2.27.